The number of carbonyl (C=O) groups is 4. The first-order valence-electron chi connectivity index (χ1n) is 39.7. The van der Waals surface area contributed by atoms with E-state index in [9.17, 15) is 43.2 Å². The number of unbranched alkanes of at least 4 members (excludes halogenated alkanes) is 40. The Bertz CT molecular complexity index is 1880. The van der Waals surface area contributed by atoms with E-state index < -0.39 is 97.5 Å². The van der Waals surface area contributed by atoms with E-state index in [4.69, 9.17) is 37.0 Å². The van der Waals surface area contributed by atoms with Crippen LogP contribution < -0.4 is 0 Å². The number of phosphoric ester groups is 2. The molecule has 0 saturated carbocycles. The maximum atomic E-state index is 13.1. The molecule has 0 aromatic rings. The molecule has 0 aromatic carbocycles. The first-order valence-corrected chi connectivity index (χ1v) is 42.7. The lowest BCUT2D eigenvalue weighted by molar-refractivity contribution is -0.161. The first kappa shape index (κ1) is 94.1. The monoisotopic (exact) mass is 1410 g/mol. The van der Waals surface area contributed by atoms with Crippen molar-refractivity contribution >= 4 is 39.5 Å². The summed E-state index contributed by atoms with van der Waals surface area (Å²) in [5.74, 6) is 0.930. The number of aliphatic hydroxyl groups excluding tert-OH is 1. The number of hydrogen-bond donors (Lipinski definition) is 3. The van der Waals surface area contributed by atoms with Crippen molar-refractivity contribution in [3.05, 3.63) is 0 Å². The highest BCUT2D eigenvalue weighted by Crippen LogP contribution is 2.45. The fourth-order valence-electron chi connectivity index (χ4n) is 11.7. The van der Waals surface area contributed by atoms with Crippen LogP contribution in [0.15, 0.2) is 0 Å². The average molecular weight is 1410 g/mol. The molecule has 17 nitrogen and oxygen atoms in total. The van der Waals surface area contributed by atoms with Crippen molar-refractivity contribution in [2.75, 3.05) is 39.6 Å². The summed E-state index contributed by atoms with van der Waals surface area (Å²) in [5, 5.41) is 10.6. The second kappa shape index (κ2) is 66.3. The fourth-order valence-corrected chi connectivity index (χ4v) is 13.3. The van der Waals surface area contributed by atoms with Gasteiger partial charge in [0.2, 0.25) is 0 Å². The van der Waals surface area contributed by atoms with Crippen LogP contribution in [-0.2, 0) is 65.4 Å². The molecule has 5 atom stereocenters. The molecule has 0 fully saturated rings. The Balaban J connectivity index is 5.25. The summed E-state index contributed by atoms with van der Waals surface area (Å²) in [6.07, 6.45) is 51.3. The molecule has 0 heterocycles. The third kappa shape index (κ3) is 70.5. The van der Waals surface area contributed by atoms with Gasteiger partial charge in [-0.3, -0.25) is 37.3 Å². The van der Waals surface area contributed by atoms with Gasteiger partial charge in [0, 0.05) is 25.7 Å². The van der Waals surface area contributed by atoms with Gasteiger partial charge in [-0.2, -0.15) is 0 Å². The average Bonchev–Trinajstić information content (AvgIpc) is 1.90. The normalized spacial score (nSPS) is 14.1. The molecule has 0 spiro atoms. The van der Waals surface area contributed by atoms with E-state index in [1.165, 1.54) is 186 Å². The summed E-state index contributed by atoms with van der Waals surface area (Å²) < 4.78 is 68.6. The minimum absolute atomic E-state index is 0.106. The second-order valence-corrected chi connectivity index (χ2v) is 32.6. The molecule has 19 heteroatoms. The largest absolute Gasteiger partial charge is 0.472 e. The van der Waals surface area contributed by atoms with Crippen LogP contribution in [0.4, 0.5) is 0 Å². The van der Waals surface area contributed by atoms with Crippen molar-refractivity contribution in [1.82, 2.24) is 0 Å². The molecule has 0 aliphatic carbocycles. The predicted molar refractivity (Wildman–Crippen MR) is 391 cm³/mol. The number of ether oxygens (including phenoxy) is 4. The van der Waals surface area contributed by atoms with Crippen molar-refractivity contribution in [2.45, 2.75) is 408 Å². The van der Waals surface area contributed by atoms with Crippen LogP contribution in [0.5, 0.6) is 0 Å². The van der Waals surface area contributed by atoms with E-state index in [2.05, 4.69) is 55.4 Å². The number of phosphoric acid groups is 2. The van der Waals surface area contributed by atoms with Crippen molar-refractivity contribution < 1.29 is 80.2 Å². The molecule has 0 aromatic heterocycles. The summed E-state index contributed by atoms with van der Waals surface area (Å²) in [7, 11) is -9.92. The van der Waals surface area contributed by atoms with Gasteiger partial charge in [-0.1, -0.05) is 338 Å². The van der Waals surface area contributed by atoms with Gasteiger partial charge in [0.25, 0.3) is 0 Å². The van der Waals surface area contributed by atoms with E-state index in [1.54, 1.807) is 0 Å². The van der Waals surface area contributed by atoms with E-state index in [1.807, 2.05) is 0 Å². The zero-order valence-corrected chi connectivity index (χ0v) is 64.8. The Labute approximate surface area is 588 Å². The Morgan fingerprint density at radius 1 is 0.260 bits per heavy atom. The van der Waals surface area contributed by atoms with Gasteiger partial charge < -0.3 is 33.8 Å². The van der Waals surface area contributed by atoms with Crippen LogP contribution in [0, 0.1) is 23.7 Å². The predicted octanol–water partition coefficient (Wildman–Crippen LogP) is 22.4. The molecule has 0 radical (unpaired) electrons. The van der Waals surface area contributed by atoms with Crippen LogP contribution in [0.3, 0.4) is 0 Å². The number of rotatable bonds is 74. The molecule has 3 unspecified atom stereocenters. The second-order valence-electron chi connectivity index (χ2n) is 29.7. The third-order valence-corrected chi connectivity index (χ3v) is 19.7. The van der Waals surface area contributed by atoms with Gasteiger partial charge in [0.15, 0.2) is 12.2 Å². The van der Waals surface area contributed by atoms with E-state index in [-0.39, 0.29) is 25.7 Å². The number of aliphatic hydroxyl groups is 1. The van der Waals surface area contributed by atoms with E-state index in [0.717, 1.165) is 114 Å². The van der Waals surface area contributed by atoms with Gasteiger partial charge in [0.05, 0.1) is 26.4 Å². The van der Waals surface area contributed by atoms with Crippen molar-refractivity contribution in [3.63, 3.8) is 0 Å². The smallest absolute Gasteiger partial charge is 0.462 e. The summed E-state index contributed by atoms with van der Waals surface area (Å²) in [6, 6.07) is 0. The molecule has 0 aliphatic heterocycles. The molecule has 570 valence electrons. The molecule has 0 rings (SSSR count). The highest BCUT2D eigenvalue weighted by molar-refractivity contribution is 7.47. The Morgan fingerprint density at radius 2 is 0.438 bits per heavy atom. The number of hydrogen-bond acceptors (Lipinski definition) is 15. The van der Waals surface area contributed by atoms with Crippen molar-refractivity contribution in [2.24, 2.45) is 23.7 Å². The van der Waals surface area contributed by atoms with Crippen molar-refractivity contribution in [1.29, 1.82) is 0 Å². The lowest BCUT2D eigenvalue weighted by Crippen LogP contribution is -2.30. The highest BCUT2D eigenvalue weighted by Gasteiger charge is 2.30. The molecule has 3 N–H and O–H groups in total. The third-order valence-electron chi connectivity index (χ3n) is 17.8. The first-order chi connectivity index (χ1) is 46.1. The summed E-state index contributed by atoms with van der Waals surface area (Å²) in [5.41, 5.74) is 0. The van der Waals surface area contributed by atoms with Crippen LogP contribution in [0.25, 0.3) is 0 Å². The topological polar surface area (TPSA) is 237 Å². The standard InChI is InChI=1S/C77H150O17P2/c1-67(2)53-45-37-29-22-16-11-9-13-19-26-34-43-51-59-76(81)93-72(63-87-74(79)57-49-41-33-25-21-15-18-24-31-39-47-55-69(5)6)65-91-95(83,84)89-61-71(78)62-90-96(85,86)92-66-73(64-88-75(80)58-50-42-36-28-32-40-48-56-70(7)8)94-77(82)60-52-44-35-27-20-14-10-12-17-23-30-38-46-54-68(3)4/h67-73,78H,9-66H2,1-8H3,(H,83,84)(H,85,86)/t71?,72-,73-/m1/s1. The Hall–Kier alpha value is -1.94. The SMILES string of the molecule is CC(C)CCCCCCCCCCCCCCCC(=O)O[C@H](COC(=O)CCCCCCCCCCCCCC(C)C)COP(=O)(O)OCC(O)COP(=O)(O)OC[C@@H](COC(=O)CCCCCCCCCC(C)C)OC(=O)CCCCCCCCCCCCCCCC(C)C. The van der Waals surface area contributed by atoms with E-state index >= 15 is 0 Å². The quantitative estimate of drug-likeness (QED) is 0.0222. The molecule has 0 bridgehead atoms. The van der Waals surface area contributed by atoms with Gasteiger partial charge in [0.1, 0.15) is 19.3 Å². The maximum absolute atomic E-state index is 13.1. The van der Waals surface area contributed by atoms with Gasteiger partial charge >= 0.3 is 39.5 Å². The zero-order chi connectivity index (χ0) is 71.0. The molecule has 96 heavy (non-hydrogen) atoms. The number of esters is 4. The molecular formula is C77H150O17P2. The van der Waals surface area contributed by atoms with Crippen LogP contribution in [-0.4, -0.2) is 96.7 Å². The van der Waals surface area contributed by atoms with E-state index in [0.29, 0.717) is 31.6 Å². The van der Waals surface area contributed by atoms with Crippen LogP contribution in [0.2, 0.25) is 0 Å². The lowest BCUT2D eigenvalue weighted by atomic mass is 10.0. The fraction of sp³-hybridized carbons (Fsp3) is 0.948. The van der Waals surface area contributed by atoms with Crippen LogP contribution >= 0.6 is 15.6 Å². The molecule has 0 aliphatic rings. The molecular weight excluding hydrogens is 1260 g/mol. The summed E-state index contributed by atoms with van der Waals surface area (Å²) in [6.45, 7) is 14.2. The van der Waals surface area contributed by atoms with Gasteiger partial charge in [-0.15, -0.1) is 0 Å². The Morgan fingerprint density at radius 3 is 0.646 bits per heavy atom. The van der Waals surface area contributed by atoms with Crippen LogP contribution in [0.1, 0.15) is 389 Å². The summed E-state index contributed by atoms with van der Waals surface area (Å²) >= 11 is 0. The zero-order valence-electron chi connectivity index (χ0n) is 63.0. The number of carbonyl (C=O) groups excluding carboxylic acids is 4. The van der Waals surface area contributed by atoms with Crippen molar-refractivity contribution in [3.8, 4) is 0 Å². The molecule has 0 saturated heterocycles. The maximum Gasteiger partial charge on any atom is 0.472 e. The minimum Gasteiger partial charge on any atom is -0.462 e. The van der Waals surface area contributed by atoms with Gasteiger partial charge in [-0.25, -0.2) is 9.13 Å². The lowest BCUT2D eigenvalue weighted by Gasteiger charge is -2.21. The minimum atomic E-state index is -4.96. The molecule has 0 amide bonds. The Kier molecular flexibility index (Phi) is 65.0. The highest BCUT2D eigenvalue weighted by atomic mass is 31.2. The van der Waals surface area contributed by atoms with Gasteiger partial charge in [-0.05, 0) is 49.4 Å². The summed E-state index contributed by atoms with van der Waals surface area (Å²) in [4.78, 5) is 72.9.